The monoisotopic (exact) mass is 253 g/mol. The summed E-state index contributed by atoms with van der Waals surface area (Å²) in [5.74, 6) is 1.81. The van der Waals surface area contributed by atoms with Gasteiger partial charge >= 0.3 is 0 Å². The first-order valence-corrected chi connectivity index (χ1v) is 7.83. The quantitative estimate of drug-likeness (QED) is 0.717. The molecule has 2 aliphatic rings. The van der Waals surface area contributed by atoms with Crippen molar-refractivity contribution in [2.45, 2.75) is 51.4 Å². The second-order valence-electron chi connectivity index (χ2n) is 6.87. The van der Waals surface area contributed by atoms with Gasteiger partial charge < -0.3 is 9.64 Å². The third-order valence-electron chi connectivity index (χ3n) is 5.36. The van der Waals surface area contributed by atoms with Gasteiger partial charge in [0.15, 0.2) is 0 Å². The van der Waals surface area contributed by atoms with Gasteiger partial charge in [0.05, 0.1) is 6.61 Å². The second kappa shape index (κ2) is 6.38. The van der Waals surface area contributed by atoms with E-state index in [0.29, 0.717) is 5.41 Å². The normalized spacial score (nSPS) is 23.3. The number of nitrogens with zero attached hydrogens (tertiary/aromatic N) is 1. The van der Waals surface area contributed by atoms with E-state index in [-0.39, 0.29) is 0 Å². The summed E-state index contributed by atoms with van der Waals surface area (Å²) in [5.41, 5.74) is 0.436. The minimum atomic E-state index is 0.436. The molecule has 0 N–H and O–H groups in total. The summed E-state index contributed by atoms with van der Waals surface area (Å²) in [7, 11) is 6.36. The van der Waals surface area contributed by atoms with Gasteiger partial charge in [-0.15, -0.1) is 0 Å². The van der Waals surface area contributed by atoms with E-state index in [1.54, 1.807) is 0 Å². The van der Waals surface area contributed by atoms with Crippen molar-refractivity contribution in [3.8, 4) is 0 Å². The molecule has 0 saturated heterocycles. The highest BCUT2D eigenvalue weighted by Crippen LogP contribution is 2.50. The molecule has 0 aromatic heterocycles. The molecule has 2 heteroatoms. The minimum Gasteiger partial charge on any atom is -0.384 e. The van der Waals surface area contributed by atoms with Crippen LogP contribution in [-0.2, 0) is 4.74 Å². The van der Waals surface area contributed by atoms with Crippen LogP contribution in [0.3, 0.4) is 0 Å². The van der Waals surface area contributed by atoms with Crippen LogP contribution in [-0.4, -0.2) is 39.3 Å². The third-order valence-corrected chi connectivity index (χ3v) is 5.36. The summed E-state index contributed by atoms with van der Waals surface area (Å²) < 4.78 is 5.71. The van der Waals surface area contributed by atoms with Gasteiger partial charge in [-0.2, -0.15) is 0 Å². The van der Waals surface area contributed by atoms with Crippen LogP contribution in [0.5, 0.6) is 0 Å². The Kier molecular flexibility index (Phi) is 5.08. The van der Waals surface area contributed by atoms with Crippen molar-refractivity contribution in [1.82, 2.24) is 4.90 Å². The van der Waals surface area contributed by atoms with Gasteiger partial charge in [-0.1, -0.05) is 25.7 Å². The molecule has 0 bridgehead atoms. The first kappa shape index (κ1) is 14.3. The Morgan fingerprint density at radius 3 is 1.72 bits per heavy atom. The fourth-order valence-electron chi connectivity index (χ4n) is 4.73. The van der Waals surface area contributed by atoms with Crippen molar-refractivity contribution in [3.63, 3.8) is 0 Å². The van der Waals surface area contributed by atoms with E-state index in [4.69, 9.17) is 4.74 Å². The summed E-state index contributed by atoms with van der Waals surface area (Å²) in [6, 6.07) is 0. The standard InChI is InChI=1S/C16H31NO/c1-17(2)12-16(13-18-3,14-8-4-5-9-14)15-10-6-7-11-15/h14-15H,4-13H2,1-3H3. The maximum atomic E-state index is 5.71. The molecular weight excluding hydrogens is 222 g/mol. The Bertz CT molecular complexity index is 223. The van der Waals surface area contributed by atoms with Gasteiger partial charge in [0.1, 0.15) is 0 Å². The van der Waals surface area contributed by atoms with E-state index in [1.165, 1.54) is 57.9 Å². The van der Waals surface area contributed by atoms with E-state index in [1.807, 2.05) is 7.11 Å². The van der Waals surface area contributed by atoms with Crippen LogP contribution >= 0.6 is 0 Å². The lowest BCUT2D eigenvalue weighted by Crippen LogP contribution is -2.47. The van der Waals surface area contributed by atoms with Crippen molar-refractivity contribution < 1.29 is 4.74 Å². The smallest absolute Gasteiger partial charge is 0.0536 e. The van der Waals surface area contributed by atoms with Gasteiger partial charge in [0, 0.05) is 19.1 Å². The van der Waals surface area contributed by atoms with Crippen molar-refractivity contribution in [1.29, 1.82) is 0 Å². The highest BCUT2D eigenvalue weighted by atomic mass is 16.5. The average Bonchev–Trinajstić information content (AvgIpc) is 3.02. The summed E-state index contributed by atoms with van der Waals surface area (Å²) in [6.45, 7) is 2.19. The Hall–Kier alpha value is -0.0800. The first-order chi connectivity index (χ1) is 8.69. The molecule has 18 heavy (non-hydrogen) atoms. The number of rotatable bonds is 6. The zero-order valence-corrected chi connectivity index (χ0v) is 12.6. The van der Waals surface area contributed by atoms with Crippen molar-refractivity contribution in [2.24, 2.45) is 17.3 Å². The molecule has 0 aromatic carbocycles. The fourth-order valence-corrected chi connectivity index (χ4v) is 4.73. The Balaban J connectivity index is 2.19. The number of ether oxygens (including phenoxy) is 1. The molecule has 0 heterocycles. The minimum absolute atomic E-state index is 0.436. The molecule has 0 radical (unpaired) electrons. The van der Waals surface area contributed by atoms with Gasteiger partial charge in [-0.3, -0.25) is 0 Å². The molecule has 2 saturated carbocycles. The molecule has 106 valence electrons. The Morgan fingerprint density at radius 1 is 0.944 bits per heavy atom. The van der Waals surface area contributed by atoms with Crippen LogP contribution in [0, 0.1) is 17.3 Å². The largest absolute Gasteiger partial charge is 0.384 e. The molecule has 2 rings (SSSR count). The number of methoxy groups -OCH3 is 1. The van der Waals surface area contributed by atoms with Gasteiger partial charge in [-0.25, -0.2) is 0 Å². The summed E-state index contributed by atoms with van der Waals surface area (Å²) in [6.07, 6.45) is 11.5. The molecule has 0 atom stereocenters. The number of hydrogen-bond acceptors (Lipinski definition) is 2. The Labute approximate surface area is 113 Å². The maximum absolute atomic E-state index is 5.71. The van der Waals surface area contributed by atoms with Crippen LogP contribution in [0.1, 0.15) is 51.4 Å². The maximum Gasteiger partial charge on any atom is 0.0536 e. The van der Waals surface area contributed by atoms with Gasteiger partial charge in [-0.05, 0) is 51.6 Å². The average molecular weight is 253 g/mol. The van der Waals surface area contributed by atoms with E-state index in [0.717, 1.165) is 18.4 Å². The fraction of sp³-hybridized carbons (Fsp3) is 1.00. The van der Waals surface area contributed by atoms with E-state index >= 15 is 0 Å². The molecule has 0 amide bonds. The summed E-state index contributed by atoms with van der Waals surface area (Å²) >= 11 is 0. The van der Waals surface area contributed by atoms with Crippen molar-refractivity contribution in [3.05, 3.63) is 0 Å². The number of hydrogen-bond donors (Lipinski definition) is 0. The molecule has 2 nitrogen and oxygen atoms in total. The van der Waals surface area contributed by atoms with Crippen molar-refractivity contribution >= 4 is 0 Å². The lowest BCUT2D eigenvalue weighted by molar-refractivity contribution is -0.0325. The highest BCUT2D eigenvalue weighted by Gasteiger charge is 2.47. The predicted octanol–water partition coefficient (Wildman–Crippen LogP) is 3.56. The zero-order valence-electron chi connectivity index (χ0n) is 12.6. The second-order valence-corrected chi connectivity index (χ2v) is 6.87. The van der Waals surface area contributed by atoms with Crippen LogP contribution in [0.15, 0.2) is 0 Å². The molecular formula is C16H31NO. The SMILES string of the molecule is COCC(CN(C)C)(C1CCCC1)C1CCCC1. The molecule has 0 unspecified atom stereocenters. The third kappa shape index (κ3) is 2.91. The topological polar surface area (TPSA) is 12.5 Å². The van der Waals surface area contributed by atoms with Crippen LogP contribution in [0.4, 0.5) is 0 Å². The van der Waals surface area contributed by atoms with Gasteiger partial charge in [0.25, 0.3) is 0 Å². The van der Waals surface area contributed by atoms with Crippen LogP contribution in [0.25, 0.3) is 0 Å². The lowest BCUT2D eigenvalue weighted by Gasteiger charge is -2.45. The summed E-state index contributed by atoms with van der Waals surface area (Å²) in [5, 5.41) is 0. The molecule has 0 spiro atoms. The molecule has 2 fully saturated rings. The molecule has 0 aromatic rings. The molecule has 2 aliphatic carbocycles. The van der Waals surface area contributed by atoms with Crippen molar-refractivity contribution in [2.75, 3.05) is 34.4 Å². The highest BCUT2D eigenvalue weighted by molar-refractivity contribution is 4.97. The zero-order chi connectivity index (χ0) is 13.0. The molecule has 0 aliphatic heterocycles. The van der Waals surface area contributed by atoms with E-state index < -0.39 is 0 Å². The first-order valence-electron chi connectivity index (χ1n) is 7.83. The lowest BCUT2D eigenvalue weighted by atomic mass is 9.65. The van der Waals surface area contributed by atoms with Crippen LogP contribution < -0.4 is 0 Å². The van der Waals surface area contributed by atoms with Gasteiger partial charge in [0.2, 0.25) is 0 Å². The Morgan fingerprint density at radius 2 is 1.39 bits per heavy atom. The van der Waals surface area contributed by atoms with E-state index in [9.17, 15) is 0 Å². The predicted molar refractivity (Wildman–Crippen MR) is 76.8 cm³/mol. The van der Waals surface area contributed by atoms with E-state index in [2.05, 4.69) is 19.0 Å². The summed E-state index contributed by atoms with van der Waals surface area (Å²) in [4.78, 5) is 2.40. The van der Waals surface area contributed by atoms with Crippen LogP contribution in [0.2, 0.25) is 0 Å².